The van der Waals surface area contributed by atoms with Crippen molar-refractivity contribution < 1.29 is 27.1 Å². The van der Waals surface area contributed by atoms with Gasteiger partial charge in [-0.25, -0.2) is 24.1 Å². The first kappa shape index (κ1) is 21.2. The van der Waals surface area contributed by atoms with E-state index < -0.39 is 23.7 Å². The summed E-state index contributed by atoms with van der Waals surface area (Å²) in [4.78, 5) is 25.2. The summed E-state index contributed by atoms with van der Waals surface area (Å²) >= 11 is 5.67. The summed E-state index contributed by atoms with van der Waals surface area (Å²) in [6.07, 6.45) is -1.36. The van der Waals surface area contributed by atoms with Crippen LogP contribution in [0.3, 0.4) is 0 Å². The number of methoxy groups -OCH3 is 1. The predicted octanol–water partition coefficient (Wildman–Crippen LogP) is 3.65. The fourth-order valence-corrected chi connectivity index (χ4v) is 2.40. The summed E-state index contributed by atoms with van der Waals surface area (Å²) in [6, 6.07) is 1.03. The highest BCUT2D eigenvalue weighted by Gasteiger charge is 2.33. The molecular formula is C16H12ClF4N7O2. The molecule has 3 rings (SSSR count). The van der Waals surface area contributed by atoms with Crippen LogP contribution in [-0.4, -0.2) is 38.3 Å². The fraction of sp³-hybridized carbons (Fsp3) is 0.188. The zero-order valence-corrected chi connectivity index (χ0v) is 15.8. The number of rotatable bonds is 5. The fourth-order valence-electron chi connectivity index (χ4n) is 2.25. The number of pyridine rings is 1. The van der Waals surface area contributed by atoms with Crippen molar-refractivity contribution in [3.05, 3.63) is 53.0 Å². The zero-order chi connectivity index (χ0) is 21.9. The number of amides is 2. The minimum atomic E-state index is -4.63. The van der Waals surface area contributed by atoms with Gasteiger partial charge < -0.3 is 4.74 Å². The molecule has 0 bridgehead atoms. The second-order valence-electron chi connectivity index (χ2n) is 5.70. The number of alkyl halides is 3. The molecule has 0 spiro atoms. The summed E-state index contributed by atoms with van der Waals surface area (Å²) in [6.45, 7) is -0.372. The third kappa shape index (κ3) is 4.92. The molecular weight excluding hydrogens is 434 g/mol. The summed E-state index contributed by atoms with van der Waals surface area (Å²) in [5.74, 6) is -0.866. The van der Waals surface area contributed by atoms with E-state index in [2.05, 4.69) is 25.4 Å². The van der Waals surface area contributed by atoms with Crippen LogP contribution in [0.4, 0.5) is 33.9 Å². The van der Waals surface area contributed by atoms with Crippen LogP contribution >= 0.6 is 11.6 Å². The number of anilines is 2. The second-order valence-corrected chi connectivity index (χ2v) is 6.11. The van der Waals surface area contributed by atoms with Gasteiger partial charge in [0.15, 0.2) is 5.82 Å². The molecule has 0 aliphatic rings. The van der Waals surface area contributed by atoms with E-state index in [1.807, 2.05) is 5.10 Å². The van der Waals surface area contributed by atoms with Crippen LogP contribution in [-0.2, 0) is 12.7 Å². The van der Waals surface area contributed by atoms with Crippen molar-refractivity contribution >= 4 is 29.1 Å². The van der Waals surface area contributed by atoms with Crippen LogP contribution in [0, 0.1) is 5.82 Å². The van der Waals surface area contributed by atoms with E-state index in [1.54, 1.807) is 0 Å². The Morgan fingerprint density at radius 1 is 1.23 bits per heavy atom. The molecule has 0 radical (unpaired) electrons. The Morgan fingerprint density at radius 2 is 1.93 bits per heavy atom. The lowest BCUT2D eigenvalue weighted by Crippen LogP contribution is -2.35. The number of nitrogens with zero attached hydrogens (tertiary/aromatic N) is 5. The molecule has 0 aromatic carbocycles. The summed E-state index contributed by atoms with van der Waals surface area (Å²) < 4.78 is 56.5. The minimum Gasteiger partial charge on any atom is -0.467 e. The Balaban J connectivity index is 1.88. The highest BCUT2D eigenvalue weighted by Crippen LogP contribution is 2.28. The molecule has 0 saturated carbocycles. The van der Waals surface area contributed by atoms with Crippen LogP contribution < -0.4 is 15.0 Å². The first-order valence-electron chi connectivity index (χ1n) is 8.04. The van der Waals surface area contributed by atoms with E-state index in [0.29, 0.717) is 0 Å². The highest BCUT2D eigenvalue weighted by molar-refractivity contribution is 6.31. The maximum Gasteiger partial charge on any atom is 0.432 e. The van der Waals surface area contributed by atoms with Crippen LogP contribution in [0.2, 0.25) is 5.02 Å². The number of ether oxygens (including phenoxy) is 1. The van der Waals surface area contributed by atoms with Crippen LogP contribution in [0.5, 0.6) is 6.01 Å². The van der Waals surface area contributed by atoms with Crippen molar-refractivity contribution in [3.8, 4) is 6.01 Å². The molecule has 2 N–H and O–H groups in total. The van der Waals surface area contributed by atoms with E-state index in [0.717, 1.165) is 23.2 Å². The Kier molecular flexibility index (Phi) is 6.01. The van der Waals surface area contributed by atoms with Gasteiger partial charge in [-0.2, -0.15) is 18.3 Å². The predicted molar refractivity (Wildman–Crippen MR) is 96.6 cm³/mol. The van der Waals surface area contributed by atoms with Crippen molar-refractivity contribution in [1.29, 1.82) is 0 Å². The first-order valence-corrected chi connectivity index (χ1v) is 8.42. The molecule has 0 aliphatic heterocycles. The number of hydrogen-bond donors (Lipinski definition) is 2. The number of carbonyl (C=O) groups excluding carboxylic acids is 1. The van der Waals surface area contributed by atoms with Crippen molar-refractivity contribution in [2.24, 2.45) is 0 Å². The standard InChI is InChI=1S/C16H12ClF4N7O2/c1-30-14-23-4-9(5-24-14)28(7-8-2-12(27-26-8)16(19,20)21)15(29)25-13-3-10(17)11(18)6-22-13/h2-6H,7H2,1H3,(H,26,27)(H,22,25,29). The van der Waals surface area contributed by atoms with Crippen LogP contribution in [0.25, 0.3) is 0 Å². The van der Waals surface area contributed by atoms with E-state index >= 15 is 0 Å². The molecule has 0 saturated heterocycles. The van der Waals surface area contributed by atoms with E-state index in [9.17, 15) is 22.4 Å². The number of H-pyrrole nitrogens is 1. The summed E-state index contributed by atoms with van der Waals surface area (Å²) in [5.41, 5.74) is -1.03. The van der Waals surface area contributed by atoms with Gasteiger partial charge in [-0.15, -0.1) is 0 Å². The lowest BCUT2D eigenvalue weighted by atomic mass is 10.3. The summed E-state index contributed by atoms with van der Waals surface area (Å²) in [7, 11) is 1.34. The molecule has 3 heterocycles. The number of hydrogen-bond acceptors (Lipinski definition) is 6. The van der Waals surface area contributed by atoms with Crippen molar-refractivity contribution in [2.75, 3.05) is 17.3 Å². The number of urea groups is 1. The van der Waals surface area contributed by atoms with Gasteiger partial charge >= 0.3 is 18.2 Å². The van der Waals surface area contributed by atoms with Gasteiger partial charge in [0.25, 0.3) is 0 Å². The lowest BCUT2D eigenvalue weighted by Gasteiger charge is -2.21. The van der Waals surface area contributed by atoms with Crippen molar-refractivity contribution in [3.63, 3.8) is 0 Å². The Hall–Kier alpha value is -3.48. The molecule has 0 atom stereocenters. The van der Waals surface area contributed by atoms with Gasteiger partial charge in [-0.05, 0) is 6.07 Å². The third-order valence-electron chi connectivity index (χ3n) is 3.65. The molecule has 0 unspecified atom stereocenters. The maximum absolute atomic E-state index is 13.3. The average Bonchev–Trinajstić information content (AvgIpc) is 3.18. The zero-order valence-electron chi connectivity index (χ0n) is 15.0. The Bertz CT molecular complexity index is 1040. The van der Waals surface area contributed by atoms with Gasteiger partial charge in [-0.3, -0.25) is 15.3 Å². The molecule has 158 valence electrons. The SMILES string of the molecule is COc1ncc(N(Cc2cc(C(F)(F)F)[nH]n2)C(=O)Nc2cc(Cl)c(F)cn2)cn1. The highest BCUT2D eigenvalue weighted by atomic mass is 35.5. The molecule has 9 nitrogen and oxygen atoms in total. The second kappa shape index (κ2) is 8.49. The monoisotopic (exact) mass is 445 g/mol. The minimum absolute atomic E-state index is 0.0187. The third-order valence-corrected chi connectivity index (χ3v) is 3.94. The molecule has 30 heavy (non-hydrogen) atoms. The molecule has 14 heteroatoms. The largest absolute Gasteiger partial charge is 0.467 e. The molecule has 3 aromatic rings. The smallest absolute Gasteiger partial charge is 0.432 e. The summed E-state index contributed by atoms with van der Waals surface area (Å²) in [5, 5.41) is 7.54. The van der Waals surface area contributed by atoms with Gasteiger partial charge in [0, 0.05) is 6.07 Å². The first-order chi connectivity index (χ1) is 14.2. The average molecular weight is 446 g/mol. The number of halogens is 5. The number of carbonyl (C=O) groups is 1. The number of aromatic amines is 1. The number of nitrogens with one attached hydrogen (secondary N) is 2. The van der Waals surface area contributed by atoms with Crippen LogP contribution in [0.15, 0.2) is 30.7 Å². The molecule has 0 aliphatic carbocycles. The Morgan fingerprint density at radius 3 is 2.50 bits per heavy atom. The van der Waals surface area contributed by atoms with Gasteiger partial charge in [-0.1, -0.05) is 11.6 Å². The van der Waals surface area contributed by atoms with Gasteiger partial charge in [0.2, 0.25) is 0 Å². The van der Waals surface area contributed by atoms with Crippen LogP contribution in [0.1, 0.15) is 11.4 Å². The van der Waals surface area contributed by atoms with Crippen molar-refractivity contribution in [1.82, 2.24) is 25.1 Å². The topological polar surface area (TPSA) is 109 Å². The normalized spacial score (nSPS) is 11.3. The van der Waals surface area contributed by atoms with Gasteiger partial charge in [0.1, 0.15) is 11.5 Å². The van der Waals surface area contributed by atoms with E-state index in [4.69, 9.17) is 16.3 Å². The van der Waals surface area contributed by atoms with Crippen molar-refractivity contribution in [2.45, 2.75) is 12.7 Å². The molecule has 3 aromatic heterocycles. The number of aromatic nitrogens is 5. The maximum atomic E-state index is 13.3. The lowest BCUT2D eigenvalue weighted by molar-refractivity contribution is -0.141. The van der Waals surface area contributed by atoms with Gasteiger partial charge in [0.05, 0.1) is 48.6 Å². The van der Waals surface area contributed by atoms with E-state index in [-0.39, 0.29) is 34.8 Å². The molecule has 2 amide bonds. The quantitative estimate of drug-likeness (QED) is 0.580. The molecule has 0 fully saturated rings. The Labute approximate surface area is 171 Å². The van der Waals surface area contributed by atoms with E-state index in [1.165, 1.54) is 19.5 Å².